The fourth-order valence-electron chi connectivity index (χ4n) is 14.4. The Morgan fingerprint density at radius 3 is 2.28 bits per heavy atom. The van der Waals surface area contributed by atoms with Crippen LogP contribution in [0.2, 0.25) is 0 Å². The zero-order valence-electron chi connectivity index (χ0n) is 29.5. The van der Waals surface area contributed by atoms with Crippen molar-refractivity contribution in [1.82, 2.24) is 0 Å². The van der Waals surface area contributed by atoms with E-state index in [2.05, 4.69) is 34.6 Å². The van der Waals surface area contributed by atoms with Gasteiger partial charge in [-0.05, 0) is 105 Å². The molecule has 5 saturated carbocycles. The second-order valence-corrected chi connectivity index (χ2v) is 18.8. The van der Waals surface area contributed by atoms with E-state index < -0.39 is 53.6 Å². The van der Waals surface area contributed by atoms with Crippen LogP contribution in [0.1, 0.15) is 107 Å². The molecule has 3 saturated heterocycles. The topological polar surface area (TPSA) is 144 Å². The maximum Gasteiger partial charge on any atom is 0.303 e. The summed E-state index contributed by atoms with van der Waals surface area (Å²) in [5.74, 6) is -0.402. The van der Waals surface area contributed by atoms with Crippen LogP contribution in [-0.2, 0) is 28.5 Å². The average Bonchev–Trinajstić information content (AvgIpc) is 3.49. The Kier molecular flexibility index (Phi) is 7.03. The molecule has 0 amide bonds. The Bertz CT molecular complexity index is 1320. The number of esters is 1. The summed E-state index contributed by atoms with van der Waals surface area (Å²) in [6, 6.07) is 0. The zero-order valence-corrected chi connectivity index (χ0v) is 29.5. The van der Waals surface area contributed by atoms with Gasteiger partial charge < -0.3 is 44.1 Å². The molecule has 0 aromatic rings. The van der Waals surface area contributed by atoms with Crippen LogP contribution in [0.5, 0.6) is 0 Å². The van der Waals surface area contributed by atoms with E-state index in [1.165, 1.54) is 6.92 Å². The van der Waals surface area contributed by atoms with Gasteiger partial charge in [-0.15, -0.1) is 0 Å². The highest BCUT2D eigenvalue weighted by atomic mass is 16.8. The van der Waals surface area contributed by atoms with Crippen molar-refractivity contribution < 1.29 is 48.9 Å². The van der Waals surface area contributed by atoms with Gasteiger partial charge in [0, 0.05) is 18.3 Å². The van der Waals surface area contributed by atoms with Crippen LogP contribution < -0.4 is 0 Å². The first kappa shape index (κ1) is 33.3. The molecule has 266 valence electrons. The zero-order chi connectivity index (χ0) is 33.9. The maximum atomic E-state index is 12.8. The monoisotopic (exact) mass is 662 g/mol. The molecule has 0 aromatic carbocycles. The Labute approximate surface area is 279 Å². The molecular formula is C37H58O10. The van der Waals surface area contributed by atoms with E-state index in [9.17, 15) is 25.2 Å². The smallest absolute Gasteiger partial charge is 0.303 e. The first-order valence-electron chi connectivity index (χ1n) is 18.4. The molecule has 2 bridgehead atoms. The van der Waals surface area contributed by atoms with Crippen LogP contribution in [0.3, 0.4) is 0 Å². The summed E-state index contributed by atoms with van der Waals surface area (Å²) < 4.78 is 31.9. The van der Waals surface area contributed by atoms with Gasteiger partial charge >= 0.3 is 5.97 Å². The molecular weight excluding hydrogens is 604 g/mol. The second kappa shape index (κ2) is 9.93. The second-order valence-electron chi connectivity index (χ2n) is 18.8. The van der Waals surface area contributed by atoms with E-state index >= 15 is 0 Å². The fourth-order valence-corrected chi connectivity index (χ4v) is 14.4. The van der Waals surface area contributed by atoms with Gasteiger partial charge in [-0.3, -0.25) is 4.79 Å². The van der Waals surface area contributed by atoms with Gasteiger partial charge in [0.15, 0.2) is 12.1 Å². The molecule has 10 heteroatoms. The SMILES string of the molecule is CC(=O)OC(C)(C)[C@H]1OC23OC1C[C@@H](C)[C@@H]2[C@@]1(C)CC[C@@]24C[C@@]25CCC(O[C@@H]2OC[C@H](O)[C@H](O)[C@H]2O)C(C)(C)[C@@H]5CCC4[C@]1(C)[C@H]3O. The number of fused-ring (bicyclic) bond motifs is 4. The fraction of sp³-hybridized carbons (Fsp3) is 0.973. The molecule has 3 heterocycles. The lowest BCUT2D eigenvalue weighted by molar-refractivity contribution is -0.303. The van der Waals surface area contributed by atoms with E-state index in [-0.39, 0.29) is 58.3 Å². The van der Waals surface area contributed by atoms with Gasteiger partial charge in [0.05, 0.1) is 18.8 Å². The summed E-state index contributed by atoms with van der Waals surface area (Å²) in [5, 5.41) is 43.7. The van der Waals surface area contributed by atoms with E-state index in [1.54, 1.807) is 0 Å². The van der Waals surface area contributed by atoms with Crippen LogP contribution in [0.25, 0.3) is 0 Å². The predicted molar refractivity (Wildman–Crippen MR) is 168 cm³/mol. The van der Waals surface area contributed by atoms with Gasteiger partial charge in [0.1, 0.15) is 36.1 Å². The highest BCUT2D eigenvalue weighted by molar-refractivity contribution is 5.66. The molecule has 8 rings (SSSR count). The molecule has 0 radical (unpaired) electrons. The van der Waals surface area contributed by atoms with Gasteiger partial charge in [-0.25, -0.2) is 0 Å². The molecule has 4 N–H and O–H groups in total. The first-order chi connectivity index (χ1) is 21.8. The van der Waals surface area contributed by atoms with Gasteiger partial charge in [0.2, 0.25) is 0 Å². The predicted octanol–water partition coefficient (Wildman–Crippen LogP) is 3.69. The molecule has 10 nitrogen and oxygen atoms in total. The number of ether oxygens (including phenoxy) is 5. The number of aliphatic hydroxyl groups excluding tert-OH is 4. The van der Waals surface area contributed by atoms with Crippen molar-refractivity contribution in [3.8, 4) is 0 Å². The molecule has 8 fully saturated rings. The number of carbonyl (C=O) groups is 1. The minimum atomic E-state index is -1.29. The quantitative estimate of drug-likeness (QED) is 0.260. The van der Waals surface area contributed by atoms with Crippen LogP contribution in [0.15, 0.2) is 0 Å². The van der Waals surface area contributed by atoms with Crippen molar-refractivity contribution in [3.05, 3.63) is 0 Å². The Balaban J connectivity index is 1.09. The van der Waals surface area contributed by atoms with Crippen LogP contribution in [0, 0.1) is 50.7 Å². The number of aliphatic hydroxyl groups is 4. The minimum absolute atomic E-state index is 0.0329. The first-order valence-corrected chi connectivity index (χ1v) is 18.4. The summed E-state index contributed by atoms with van der Waals surface area (Å²) in [4.78, 5) is 12.1. The van der Waals surface area contributed by atoms with Crippen molar-refractivity contribution >= 4 is 5.97 Å². The third kappa shape index (κ3) is 3.88. The molecule has 5 aliphatic carbocycles. The average molecular weight is 663 g/mol. The van der Waals surface area contributed by atoms with Crippen molar-refractivity contribution in [2.45, 2.75) is 167 Å². The standard InChI is InChI=1S/C37H58O10/c1-18-15-21-28(32(5,6)45-19(2)38)47-37(46-21)27(18)33(7)13-14-36-17-35(36)12-11-24(44-29-26(41)25(40)20(39)16-43-29)31(3,4)22(35)9-10-23(36)34(33,8)30(37)42/h18,20-30,39-42H,9-17H2,1-8H3/t18-,20+,21?,22+,23?,24?,25+,26-,27-,28+,29+,30-,33-,34-,35-,36+,37?/m1/s1. The Morgan fingerprint density at radius 2 is 1.57 bits per heavy atom. The lowest BCUT2D eigenvalue weighted by Gasteiger charge is -2.63. The molecule has 8 aliphatic rings. The van der Waals surface area contributed by atoms with Crippen molar-refractivity contribution in [3.63, 3.8) is 0 Å². The van der Waals surface area contributed by atoms with Gasteiger partial charge in [-0.1, -0.05) is 34.6 Å². The summed E-state index contributed by atoms with van der Waals surface area (Å²) >= 11 is 0. The van der Waals surface area contributed by atoms with E-state index in [4.69, 9.17) is 23.7 Å². The van der Waals surface area contributed by atoms with Crippen molar-refractivity contribution in [2.75, 3.05) is 6.61 Å². The van der Waals surface area contributed by atoms with Crippen LogP contribution in [0.4, 0.5) is 0 Å². The van der Waals surface area contributed by atoms with E-state index in [0.29, 0.717) is 11.8 Å². The third-order valence-electron chi connectivity index (χ3n) is 16.3. The number of hydrogen-bond acceptors (Lipinski definition) is 10. The lowest BCUT2D eigenvalue weighted by Crippen LogP contribution is -2.61. The molecule has 17 atom stereocenters. The molecule has 47 heavy (non-hydrogen) atoms. The summed E-state index contributed by atoms with van der Waals surface area (Å²) in [7, 11) is 0. The van der Waals surface area contributed by atoms with Crippen LogP contribution in [-0.4, -0.2) is 93.4 Å². The molecule has 0 aromatic heterocycles. The molecule has 3 spiro atoms. The molecule has 4 unspecified atom stereocenters. The number of carbonyl (C=O) groups excluding carboxylic acids is 1. The largest absolute Gasteiger partial charge is 0.457 e. The maximum absolute atomic E-state index is 12.8. The minimum Gasteiger partial charge on any atom is -0.457 e. The van der Waals surface area contributed by atoms with Gasteiger partial charge in [0.25, 0.3) is 0 Å². The lowest BCUT2D eigenvalue weighted by atomic mass is 9.41. The number of rotatable bonds is 4. The third-order valence-corrected chi connectivity index (χ3v) is 16.3. The highest BCUT2D eigenvalue weighted by Gasteiger charge is 2.88. The van der Waals surface area contributed by atoms with E-state index in [0.717, 1.165) is 51.4 Å². The van der Waals surface area contributed by atoms with Crippen LogP contribution >= 0.6 is 0 Å². The van der Waals surface area contributed by atoms with Crippen molar-refractivity contribution in [2.24, 2.45) is 50.7 Å². The summed E-state index contributed by atoms with van der Waals surface area (Å²) in [6.07, 6.45) is 1.72. The Morgan fingerprint density at radius 1 is 0.894 bits per heavy atom. The van der Waals surface area contributed by atoms with E-state index in [1.807, 2.05) is 13.8 Å². The summed E-state index contributed by atoms with van der Waals surface area (Å²) in [5.41, 5.74) is -1.36. The summed E-state index contributed by atoms with van der Waals surface area (Å²) in [6.45, 7) is 16.8. The highest BCUT2D eigenvalue weighted by Crippen LogP contribution is 2.90. The van der Waals surface area contributed by atoms with Crippen molar-refractivity contribution in [1.29, 1.82) is 0 Å². The molecule has 3 aliphatic heterocycles. The number of hydrogen-bond donors (Lipinski definition) is 4. The normalized spacial score (nSPS) is 58.8. The Hall–Kier alpha value is -0.850. The van der Waals surface area contributed by atoms with Gasteiger partial charge in [-0.2, -0.15) is 0 Å².